The third-order valence-electron chi connectivity index (χ3n) is 2.52. The van der Waals surface area contributed by atoms with Crippen molar-refractivity contribution in [2.24, 2.45) is 0 Å². The van der Waals surface area contributed by atoms with Gasteiger partial charge in [0.05, 0.1) is 19.1 Å². The monoisotopic (exact) mass is 272 g/mol. The van der Waals surface area contributed by atoms with E-state index in [4.69, 9.17) is 16.3 Å². The fourth-order valence-electron chi connectivity index (χ4n) is 1.60. The largest absolute Gasteiger partial charge is 0.466 e. The minimum Gasteiger partial charge on any atom is -0.466 e. The molecule has 1 aromatic rings. The lowest BCUT2D eigenvalue weighted by Gasteiger charge is -2.19. The number of carbonyl (C=O) groups excluding carboxylic acids is 1. The predicted molar refractivity (Wildman–Crippen MR) is 68.4 cm³/mol. The molecular formula is C13H17ClO4. The zero-order chi connectivity index (χ0) is 13.7. The molecule has 2 N–H and O–H groups in total. The van der Waals surface area contributed by atoms with Crippen LogP contribution in [0.3, 0.4) is 0 Å². The highest BCUT2D eigenvalue weighted by Crippen LogP contribution is 2.27. The van der Waals surface area contributed by atoms with Crippen molar-refractivity contribution in [2.45, 2.75) is 32.5 Å². The molecule has 0 aliphatic carbocycles. The number of ether oxygens (including phenoxy) is 1. The summed E-state index contributed by atoms with van der Waals surface area (Å²) in [6.45, 7) is 3.77. The third kappa shape index (κ3) is 3.98. The Morgan fingerprint density at radius 1 is 1.44 bits per heavy atom. The van der Waals surface area contributed by atoms with Gasteiger partial charge in [-0.2, -0.15) is 0 Å². The summed E-state index contributed by atoms with van der Waals surface area (Å²) < 4.78 is 4.71. The van der Waals surface area contributed by atoms with Crippen LogP contribution in [0.2, 0.25) is 5.02 Å². The van der Waals surface area contributed by atoms with Gasteiger partial charge in [0.15, 0.2) is 0 Å². The zero-order valence-electron chi connectivity index (χ0n) is 10.4. The van der Waals surface area contributed by atoms with E-state index >= 15 is 0 Å². The molecule has 0 fully saturated rings. The van der Waals surface area contributed by atoms with E-state index in [2.05, 4.69) is 0 Å². The molecule has 2 unspecified atom stereocenters. The van der Waals surface area contributed by atoms with E-state index < -0.39 is 18.2 Å². The lowest BCUT2D eigenvalue weighted by molar-refractivity contribution is -0.147. The molecule has 18 heavy (non-hydrogen) atoms. The lowest BCUT2D eigenvalue weighted by atomic mass is 10.0. The molecule has 0 aromatic heterocycles. The van der Waals surface area contributed by atoms with Crippen molar-refractivity contribution in [1.29, 1.82) is 0 Å². The number of aliphatic hydroxyl groups is 2. The number of aliphatic hydroxyl groups excluding tert-OH is 2. The van der Waals surface area contributed by atoms with Crippen LogP contribution in [0, 0.1) is 6.92 Å². The SMILES string of the molecule is CCOC(=O)CC(O)C(O)c1cc(C)ccc1Cl. The van der Waals surface area contributed by atoms with Crippen molar-refractivity contribution >= 4 is 17.6 Å². The average molecular weight is 273 g/mol. The number of halogens is 1. The summed E-state index contributed by atoms with van der Waals surface area (Å²) in [4.78, 5) is 11.2. The highest BCUT2D eigenvalue weighted by molar-refractivity contribution is 6.31. The van der Waals surface area contributed by atoms with Gasteiger partial charge >= 0.3 is 5.97 Å². The van der Waals surface area contributed by atoms with Crippen LogP contribution in [0.5, 0.6) is 0 Å². The number of hydrogen-bond acceptors (Lipinski definition) is 4. The molecule has 0 aliphatic rings. The van der Waals surface area contributed by atoms with Gasteiger partial charge in [-0.05, 0) is 19.9 Å². The molecule has 0 radical (unpaired) electrons. The number of carbonyl (C=O) groups is 1. The molecule has 0 spiro atoms. The number of rotatable bonds is 5. The van der Waals surface area contributed by atoms with Crippen LogP contribution >= 0.6 is 11.6 Å². The van der Waals surface area contributed by atoms with E-state index in [0.29, 0.717) is 10.6 Å². The Labute approximate surface area is 111 Å². The van der Waals surface area contributed by atoms with Crippen LogP contribution in [0.1, 0.15) is 30.6 Å². The normalized spacial score (nSPS) is 14.1. The van der Waals surface area contributed by atoms with E-state index in [9.17, 15) is 15.0 Å². The summed E-state index contributed by atoms with van der Waals surface area (Å²) in [5, 5.41) is 20.1. The molecule has 0 aliphatic heterocycles. The molecule has 100 valence electrons. The topological polar surface area (TPSA) is 66.8 Å². The van der Waals surface area contributed by atoms with E-state index in [1.165, 1.54) is 0 Å². The molecule has 5 heteroatoms. The maximum absolute atomic E-state index is 11.2. The Kier molecular flexibility index (Phi) is 5.59. The maximum Gasteiger partial charge on any atom is 0.308 e. The fourth-order valence-corrected chi connectivity index (χ4v) is 1.83. The van der Waals surface area contributed by atoms with Crippen molar-refractivity contribution < 1.29 is 19.7 Å². The zero-order valence-corrected chi connectivity index (χ0v) is 11.1. The first kappa shape index (κ1) is 15.0. The molecule has 1 rings (SSSR count). The summed E-state index contributed by atoms with van der Waals surface area (Å²) in [5.74, 6) is -0.548. The third-order valence-corrected chi connectivity index (χ3v) is 2.86. The fraction of sp³-hybridized carbons (Fsp3) is 0.462. The quantitative estimate of drug-likeness (QED) is 0.805. The van der Waals surface area contributed by atoms with Gasteiger partial charge in [0.25, 0.3) is 0 Å². The minimum atomic E-state index is -1.23. The van der Waals surface area contributed by atoms with Gasteiger partial charge in [-0.3, -0.25) is 4.79 Å². The Morgan fingerprint density at radius 3 is 2.72 bits per heavy atom. The Balaban J connectivity index is 2.76. The molecule has 0 bridgehead atoms. The molecule has 4 nitrogen and oxygen atoms in total. The van der Waals surface area contributed by atoms with E-state index in [1.54, 1.807) is 25.1 Å². The van der Waals surface area contributed by atoms with Crippen LogP contribution in [-0.4, -0.2) is 28.9 Å². The Morgan fingerprint density at radius 2 is 2.11 bits per heavy atom. The van der Waals surface area contributed by atoms with E-state index in [-0.39, 0.29) is 13.0 Å². The number of esters is 1. The summed E-state index contributed by atoms with van der Waals surface area (Å²) in [6.07, 6.45) is -2.70. The van der Waals surface area contributed by atoms with Crippen molar-refractivity contribution in [3.63, 3.8) is 0 Å². The van der Waals surface area contributed by atoms with Crippen LogP contribution in [0.15, 0.2) is 18.2 Å². The molecule has 0 amide bonds. The number of aryl methyl sites for hydroxylation is 1. The van der Waals surface area contributed by atoms with Crippen LogP contribution in [-0.2, 0) is 9.53 Å². The first-order valence-corrected chi connectivity index (χ1v) is 6.11. The summed E-state index contributed by atoms with van der Waals surface area (Å²) in [5.41, 5.74) is 1.32. The first-order chi connectivity index (χ1) is 8.45. The van der Waals surface area contributed by atoms with Gasteiger partial charge in [0.2, 0.25) is 0 Å². The summed E-state index contributed by atoms with van der Waals surface area (Å²) >= 11 is 5.95. The number of hydrogen-bond donors (Lipinski definition) is 2. The Bertz CT molecular complexity index is 419. The molecule has 0 saturated carbocycles. The highest BCUT2D eigenvalue weighted by Gasteiger charge is 2.23. The van der Waals surface area contributed by atoms with Crippen molar-refractivity contribution in [3.8, 4) is 0 Å². The Hall–Kier alpha value is -1.10. The van der Waals surface area contributed by atoms with Crippen molar-refractivity contribution in [1.82, 2.24) is 0 Å². The van der Waals surface area contributed by atoms with Crippen LogP contribution in [0.25, 0.3) is 0 Å². The predicted octanol–water partition coefficient (Wildman–Crippen LogP) is 2.00. The number of benzene rings is 1. The first-order valence-electron chi connectivity index (χ1n) is 5.73. The van der Waals surface area contributed by atoms with Gasteiger partial charge in [0, 0.05) is 10.6 Å². The van der Waals surface area contributed by atoms with Gasteiger partial charge in [-0.15, -0.1) is 0 Å². The molecular weight excluding hydrogens is 256 g/mol. The molecule has 0 saturated heterocycles. The van der Waals surface area contributed by atoms with Crippen molar-refractivity contribution in [3.05, 3.63) is 34.3 Å². The van der Waals surface area contributed by atoms with E-state index in [1.807, 2.05) is 6.92 Å². The minimum absolute atomic E-state index is 0.243. The average Bonchev–Trinajstić information content (AvgIpc) is 2.31. The van der Waals surface area contributed by atoms with Gasteiger partial charge in [0.1, 0.15) is 6.10 Å². The second-order valence-electron chi connectivity index (χ2n) is 4.05. The van der Waals surface area contributed by atoms with Crippen molar-refractivity contribution in [2.75, 3.05) is 6.61 Å². The van der Waals surface area contributed by atoms with Gasteiger partial charge < -0.3 is 14.9 Å². The summed E-state index contributed by atoms with van der Waals surface area (Å²) in [7, 11) is 0. The van der Waals surface area contributed by atoms with E-state index in [0.717, 1.165) is 5.56 Å². The molecule has 0 heterocycles. The van der Waals surface area contributed by atoms with Gasteiger partial charge in [-0.25, -0.2) is 0 Å². The standard InChI is InChI=1S/C13H17ClO4/c1-3-18-12(16)7-11(15)13(17)9-6-8(2)4-5-10(9)14/h4-6,11,13,15,17H,3,7H2,1-2H3. The smallest absolute Gasteiger partial charge is 0.308 e. The second-order valence-corrected chi connectivity index (χ2v) is 4.45. The second kappa shape index (κ2) is 6.73. The van der Waals surface area contributed by atoms with Crippen LogP contribution in [0.4, 0.5) is 0 Å². The molecule has 1 aromatic carbocycles. The lowest BCUT2D eigenvalue weighted by Crippen LogP contribution is -2.23. The van der Waals surface area contributed by atoms with Crippen LogP contribution < -0.4 is 0 Å². The van der Waals surface area contributed by atoms with Gasteiger partial charge in [-0.1, -0.05) is 29.3 Å². The highest BCUT2D eigenvalue weighted by atomic mass is 35.5. The molecule has 2 atom stereocenters. The maximum atomic E-state index is 11.2. The summed E-state index contributed by atoms with van der Waals surface area (Å²) in [6, 6.07) is 5.13.